The number of ether oxygens (including phenoxy) is 1. The molecule has 5 nitrogen and oxygen atoms in total. The molecular weight excluding hydrogens is 208 g/mol. The lowest BCUT2D eigenvalue weighted by atomic mass is 10.2. The molecule has 0 aromatic heterocycles. The molecule has 2 rings (SSSR count). The van der Waals surface area contributed by atoms with Gasteiger partial charge >= 0.3 is 12.1 Å². The van der Waals surface area contributed by atoms with Gasteiger partial charge in [-0.1, -0.05) is 0 Å². The number of hydrogen-bond acceptors (Lipinski definition) is 3. The highest BCUT2D eigenvalue weighted by Crippen LogP contribution is 2.30. The van der Waals surface area contributed by atoms with Crippen LogP contribution in [-0.4, -0.2) is 34.7 Å². The molecule has 2 atom stereocenters. The predicted molar refractivity (Wildman–Crippen MR) is 58.0 cm³/mol. The second kappa shape index (κ2) is 3.64. The quantitative estimate of drug-likeness (QED) is 0.686. The molecule has 90 valence electrons. The molecular formula is C11H18N2O3. The fourth-order valence-corrected chi connectivity index (χ4v) is 2.33. The van der Waals surface area contributed by atoms with E-state index < -0.39 is 11.7 Å². The molecule has 0 bridgehead atoms. The van der Waals surface area contributed by atoms with Gasteiger partial charge in [0.2, 0.25) is 0 Å². The van der Waals surface area contributed by atoms with E-state index in [1.165, 1.54) is 4.90 Å². The molecule has 2 aliphatic rings. The molecule has 1 aliphatic carbocycles. The molecule has 1 saturated carbocycles. The van der Waals surface area contributed by atoms with Crippen molar-refractivity contribution in [2.45, 2.75) is 57.7 Å². The summed E-state index contributed by atoms with van der Waals surface area (Å²) in [5.41, 5.74) is -0.561. The molecule has 5 heteroatoms. The van der Waals surface area contributed by atoms with E-state index >= 15 is 0 Å². The van der Waals surface area contributed by atoms with Crippen molar-refractivity contribution in [1.82, 2.24) is 10.2 Å². The second-order valence-electron chi connectivity index (χ2n) is 5.40. The van der Waals surface area contributed by atoms with Crippen LogP contribution in [0.15, 0.2) is 0 Å². The average molecular weight is 226 g/mol. The number of urea groups is 1. The van der Waals surface area contributed by atoms with Crippen molar-refractivity contribution < 1.29 is 14.3 Å². The van der Waals surface area contributed by atoms with E-state index in [9.17, 15) is 9.59 Å². The molecule has 1 N–H and O–H groups in total. The van der Waals surface area contributed by atoms with Crippen LogP contribution in [0.4, 0.5) is 9.59 Å². The van der Waals surface area contributed by atoms with Gasteiger partial charge in [0.15, 0.2) is 0 Å². The first-order chi connectivity index (χ1) is 7.38. The maximum absolute atomic E-state index is 11.9. The van der Waals surface area contributed by atoms with Crippen LogP contribution in [0.2, 0.25) is 0 Å². The Labute approximate surface area is 95.1 Å². The Morgan fingerprint density at radius 1 is 1.44 bits per heavy atom. The minimum Gasteiger partial charge on any atom is -0.443 e. The minimum atomic E-state index is -0.561. The van der Waals surface area contributed by atoms with Crippen LogP contribution in [0.5, 0.6) is 0 Å². The van der Waals surface area contributed by atoms with E-state index in [0.29, 0.717) is 0 Å². The van der Waals surface area contributed by atoms with Crippen LogP contribution in [0.25, 0.3) is 0 Å². The van der Waals surface area contributed by atoms with Gasteiger partial charge in [0.1, 0.15) is 5.60 Å². The van der Waals surface area contributed by atoms with Gasteiger partial charge in [-0.05, 0) is 40.0 Å². The van der Waals surface area contributed by atoms with Gasteiger partial charge in [-0.2, -0.15) is 0 Å². The molecule has 0 spiro atoms. The summed E-state index contributed by atoms with van der Waals surface area (Å²) >= 11 is 0. The maximum Gasteiger partial charge on any atom is 0.418 e. The van der Waals surface area contributed by atoms with Crippen molar-refractivity contribution >= 4 is 12.1 Å². The van der Waals surface area contributed by atoms with Crippen molar-refractivity contribution in [2.24, 2.45) is 0 Å². The Morgan fingerprint density at radius 3 is 2.75 bits per heavy atom. The zero-order valence-corrected chi connectivity index (χ0v) is 9.95. The summed E-state index contributed by atoms with van der Waals surface area (Å²) in [5.74, 6) is 0. The molecule has 0 radical (unpaired) electrons. The highest BCUT2D eigenvalue weighted by atomic mass is 16.6. The maximum atomic E-state index is 11.9. The minimum absolute atomic E-state index is 0.0117. The number of carbonyl (C=O) groups excluding carboxylic acids is 2. The van der Waals surface area contributed by atoms with Gasteiger partial charge in [0.25, 0.3) is 0 Å². The third-order valence-electron chi connectivity index (χ3n) is 2.93. The molecule has 1 saturated heterocycles. The molecule has 0 unspecified atom stereocenters. The lowest BCUT2D eigenvalue weighted by Crippen LogP contribution is -2.42. The van der Waals surface area contributed by atoms with E-state index in [-0.39, 0.29) is 18.1 Å². The molecule has 16 heavy (non-hydrogen) atoms. The van der Waals surface area contributed by atoms with Gasteiger partial charge < -0.3 is 10.1 Å². The lowest BCUT2D eigenvalue weighted by molar-refractivity contribution is 0.0295. The number of rotatable bonds is 0. The monoisotopic (exact) mass is 226 g/mol. The van der Waals surface area contributed by atoms with Crippen LogP contribution >= 0.6 is 0 Å². The Hall–Kier alpha value is -1.26. The summed E-state index contributed by atoms with van der Waals surface area (Å²) < 4.78 is 5.23. The van der Waals surface area contributed by atoms with Gasteiger partial charge in [-0.15, -0.1) is 0 Å². The molecule has 1 aliphatic heterocycles. The van der Waals surface area contributed by atoms with Crippen LogP contribution in [0.3, 0.4) is 0 Å². The number of carbonyl (C=O) groups is 2. The first-order valence-electron chi connectivity index (χ1n) is 5.71. The zero-order valence-electron chi connectivity index (χ0n) is 9.95. The SMILES string of the molecule is CC(C)(C)OC(=O)N1C(=O)N[C@H]2CCC[C@H]21. The Balaban J connectivity index is 2.08. The predicted octanol–water partition coefficient (Wildman–Crippen LogP) is 1.87. The second-order valence-corrected chi connectivity index (χ2v) is 5.40. The fraction of sp³-hybridized carbons (Fsp3) is 0.818. The van der Waals surface area contributed by atoms with Crippen molar-refractivity contribution in [3.63, 3.8) is 0 Å². The third-order valence-corrected chi connectivity index (χ3v) is 2.93. The standard InChI is InChI=1S/C11H18N2O3/c1-11(2,3)16-10(15)13-8-6-4-5-7(8)12-9(13)14/h7-8H,4-6H2,1-3H3,(H,12,14)/t7-,8+/m0/s1. The zero-order chi connectivity index (χ0) is 11.9. The van der Waals surface area contributed by atoms with Crippen molar-refractivity contribution in [2.75, 3.05) is 0 Å². The molecule has 0 aromatic rings. The summed E-state index contributed by atoms with van der Waals surface area (Å²) in [7, 11) is 0. The van der Waals surface area contributed by atoms with E-state index in [1.54, 1.807) is 20.8 Å². The number of hydrogen-bond donors (Lipinski definition) is 1. The number of nitrogens with zero attached hydrogens (tertiary/aromatic N) is 1. The molecule has 2 fully saturated rings. The summed E-state index contributed by atoms with van der Waals surface area (Å²) in [4.78, 5) is 24.7. The Morgan fingerprint density at radius 2 is 2.12 bits per heavy atom. The van der Waals surface area contributed by atoms with E-state index in [2.05, 4.69) is 5.32 Å². The number of fused-ring (bicyclic) bond motifs is 1. The van der Waals surface area contributed by atoms with Crippen LogP contribution < -0.4 is 5.32 Å². The Kier molecular flexibility index (Phi) is 2.56. The third kappa shape index (κ3) is 1.99. The summed E-state index contributed by atoms with van der Waals surface area (Å²) in [5, 5.41) is 2.82. The average Bonchev–Trinajstić information content (AvgIpc) is 2.58. The normalized spacial score (nSPS) is 28.9. The first-order valence-corrected chi connectivity index (χ1v) is 5.71. The lowest BCUT2D eigenvalue weighted by Gasteiger charge is -2.25. The highest BCUT2D eigenvalue weighted by Gasteiger charge is 2.46. The first kappa shape index (κ1) is 11.2. The highest BCUT2D eigenvalue weighted by molar-refractivity contribution is 5.93. The Bertz CT molecular complexity index is 322. The molecule has 1 heterocycles. The molecule has 0 aromatic carbocycles. The van der Waals surface area contributed by atoms with Gasteiger partial charge in [0, 0.05) is 0 Å². The molecule has 3 amide bonds. The van der Waals surface area contributed by atoms with E-state index in [0.717, 1.165) is 19.3 Å². The smallest absolute Gasteiger partial charge is 0.418 e. The van der Waals surface area contributed by atoms with Crippen molar-refractivity contribution in [3.8, 4) is 0 Å². The summed E-state index contributed by atoms with van der Waals surface area (Å²) in [6, 6.07) is -0.202. The van der Waals surface area contributed by atoms with Crippen LogP contribution in [0.1, 0.15) is 40.0 Å². The number of imide groups is 1. The van der Waals surface area contributed by atoms with Crippen LogP contribution in [0, 0.1) is 0 Å². The van der Waals surface area contributed by atoms with Crippen molar-refractivity contribution in [3.05, 3.63) is 0 Å². The largest absolute Gasteiger partial charge is 0.443 e. The number of nitrogens with one attached hydrogen (secondary N) is 1. The van der Waals surface area contributed by atoms with Gasteiger partial charge in [-0.3, -0.25) is 0 Å². The topological polar surface area (TPSA) is 58.6 Å². The van der Waals surface area contributed by atoms with Crippen molar-refractivity contribution in [1.29, 1.82) is 0 Å². The summed E-state index contributed by atoms with van der Waals surface area (Å²) in [6.45, 7) is 5.39. The van der Waals surface area contributed by atoms with Gasteiger partial charge in [0.05, 0.1) is 12.1 Å². The number of amides is 3. The van der Waals surface area contributed by atoms with E-state index in [1.807, 2.05) is 0 Å². The summed E-state index contributed by atoms with van der Waals surface area (Å²) in [6.07, 6.45) is 2.35. The van der Waals surface area contributed by atoms with Gasteiger partial charge in [-0.25, -0.2) is 14.5 Å². The fourth-order valence-electron chi connectivity index (χ4n) is 2.33. The van der Waals surface area contributed by atoms with E-state index in [4.69, 9.17) is 4.74 Å². The van der Waals surface area contributed by atoms with Crippen LogP contribution in [-0.2, 0) is 4.74 Å².